The van der Waals surface area contributed by atoms with Crippen LogP contribution < -0.4 is 5.32 Å². The molecular weight excluding hydrogens is 264 g/mol. The highest BCUT2D eigenvalue weighted by Gasteiger charge is 2.45. The quantitative estimate of drug-likeness (QED) is 0.853. The van der Waals surface area contributed by atoms with Crippen LogP contribution in [0.25, 0.3) is 0 Å². The lowest BCUT2D eigenvalue weighted by Crippen LogP contribution is -2.39. The lowest BCUT2D eigenvalue weighted by molar-refractivity contribution is -0.139. The molecule has 100 valence electrons. The van der Waals surface area contributed by atoms with Gasteiger partial charge in [0.15, 0.2) is 0 Å². The van der Waals surface area contributed by atoms with Crippen molar-refractivity contribution < 1.29 is 9.59 Å². The Kier molecular flexibility index (Phi) is 3.29. The predicted molar refractivity (Wildman–Crippen MR) is 71.6 cm³/mol. The van der Waals surface area contributed by atoms with E-state index in [2.05, 4.69) is 5.32 Å². The molecule has 1 saturated heterocycles. The maximum atomic E-state index is 12.1. The van der Waals surface area contributed by atoms with Crippen LogP contribution >= 0.6 is 11.6 Å². The molecule has 0 spiro atoms. The number of nitrogens with zero attached hydrogens (tertiary/aromatic N) is 1. The van der Waals surface area contributed by atoms with Crippen molar-refractivity contribution in [2.45, 2.75) is 37.9 Å². The molecular formula is C14H15ClN2O2. The van der Waals surface area contributed by atoms with Gasteiger partial charge >= 0.3 is 0 Å². The van der Waals surface area contributed by atoms with Crippen molar-refractivity contribution in [3.8, 4) is 0 Å². The molecule has 1 aromatic rings. The summed E-state index contributed by atoms with van der Waals surface area (Å²) in [5, 5.41) is 3.81. The smallest absolute Gasteiger partial charge is 0.247 e. The molecule has 2 amide bonds. The number of benzene rings is 1. The molecule has 1 aliphatic heterocycles. The van der Waals surface area contributed by atoms with Crippen molar-refractivity contribution in [1.82, 2.24) is 10.2 Å². The van der Waals surface area contributed by atoms with E-state index in [4.69, 9.17) is 11.6 Å². The highest BCUT2D eigenvalue weighted by Crippen LogP contribution is 2.31. The summed E-state index contributed by atoms with van der Waals surface area (Å²) in [6.45, 7) is 0.502. The van der Waals surface area contributed by atoms with E-state index < -0.39 is 6.04 Å². The molecule has 1 heterocycles. The van der Waals surface area contributed by atoms with Crippen LogP contribution in [-0.2, 0) is 16.1 Å². The Morgan fingerprint density at radius 1 is 1.26 bits per heavy atom. The van der Waals surface area contributed by atoms with Gasteiger partial charge in [-0.2, -0.15) is 0 Å². The van der Waals surface area contributed by atoms with Gasteiger partial charge in [0.05, 0.1) is 12.5 Å². The summed E-state index contributed by atoms with van der Waals surface area (Å²) in [7, 11) is 0. The molecule has 5 heteroatoms. The minimum absolute atomic E-state index is 0.0517. The van der Waals surface area contributed by atoms with Gasteiger partial charge in [-0.15, -0.1) is 0 Å². The van der Waals surface area contributed by atoms with Gasteiger partial charge in [-0.05, 0) is 24.5 Å². The summed E-state index contributed by atoms with van der Waals surface area (Å²) < 4.78 is 0. The van der Waals surface area contributed by atoms with Crippen LogP contribution in [0.4, 0.5) is 0 Å². The zero-order chi connectivity index (χ0) is 13.4. The Balaban J connectivity index is 1.63. The van der Waals surface area contributed by atoms with Crippen LogP contribution in [0.3, 0.4) is 0 Å². The van der Waals surface area contributed by atoms with Gasteiger partial charge in [0.2, 0.25) is 11.8 Å². The topological polar surface area (TPSA) is 49.4 Å². The van der Waals surface area contributed by atoms with E-state index in [0.717, 1.165) is 18.4 Å². The molecule has 1 saturated carbocycles. The Morgan fingerprint density at radius 2 is 2.00 bits per heavy atom. The van der Waals surface area contributed by atoms with E-state index in [1.807, 2.05) is 24.3 Å². The third-order valence-corrected chi connectivity index (χ3v) is 3.96. The largest absolute Gasteiger partial charge is 0.301 e. The molecule has 0 bridgehead atoms. The van der Waals surface area contributed by atoms with Crippen LogP contribution in [0.2, 0.25) is 5.02 Å². The van der Waals surface area contributed by atoms with Gasteiger partial charge in [-0.3, -0.25) is 14.5 Å². The molecule has 0 aromatic heterocycles. The highest BCUT2D eigenvalue weighted by atomic mass is 35.5. The Morgan fingerprint density at radius 3 is 2.68 bits per heavy atom. The normalized spacial score (nSPS) is 23.2. The Hall–Kier alpha value is -1.39. The number of hydrogen-bond donors (Lipinski definition) is 1. The van der Waals surface area contributed by atoms with Gasteiger partial charge < -0.3 is 5.32 Å². The van der Waals surface area contributed by atoms with Crippen molar-refractivity contribution in [2.75, 3.05) is 0 Å². The summed E-state index contributed by atoms with van der Waals surface area (Å²) in [5.74, 6) is -0.135. The van der Waals surface area contributed by atoms with Gasteiger partial charge in [0.25, 0.3) is 0 Å². The van der Waals surface area contributed by atoms with Crippen LogP contribution in [0, 0.1) is 0 Å². The first-order valence-corrected chi connectivity index (χ1v) is 6.87. The first-order valence-electron chi connectivity index (χ1n) is 6.49. The lowest BCUT2D eigenvalue weighted by Gasteiger charge is -2.14. The summed E-state index contributed by atoms with van der Waals surface area (Å²) in [5.41, 5.74) is 0.939. The average Bonchev–Trinajstić information content (AvgIpc) is 3.16. The van der Waals surface area contributed by atoms with Crippen molar-refractivity contribution >= 4 is 23.4 Å². The molecule has 2 aliphatic rings. The van der Waals surface area contributed by atoms with Crippen LogP contribution in [0.5, 0.6) is 0 Å². The van der Waals surface area contributed by atoms with Crippen molar-refractivity contribution in [1.29, 1.82) is 0 Å². The number of carbonyl (C=O) groups excluding carboxylic acids is 2. The molecule has 1 N–H and O–H groups in total. The molecule has 2 fully saturated rings. The number of nitrogens with one attached hydrogen (secondary N) is 1. The summed E-state index contributed by atoms with van der Waals surface area (Å²) in [6.07, 6.45) is 2.17. The van der Waals surface area contributed by atoms with Gasteiger partial charge in [-0.1, -0.05) is 29.8 Å². The third kappa shape index (κ3) is 2.51. The maximum Gasteiger partial charge on any atom is 0.247 e. The second kappa shape index (κ2) is 4.94. The molecule has 1 aliphatic carbocycles. The second-order valence-corrected chi connectivity index (χ2v) is 5.47. The molecule has 1 unspecified atom stereocenters. The fraction of sp³-hybridized carbons (Fsp3) is 0.429. The minimum atomic E-state index is -0.399. The number of carbonyl (C=O) groups is 2. The fourth-order valence-electron chi connectivity index (χ4n) is 2.40. The van der Waals surface area contributed by atoms with Crippen LogP contribution in [0.15, 0.2) is 24.3 Å². The van der Waals surface area contributed by atoms with Gasteiger partial charge in [-0.25, -0.2) is 0 Å². The Labute approximate surface area is 116 Å². The molecule has 4 nitrogen and oxygen atoms in total. The first-order chi connectivity index (χ1) is 9.16. The van der Waals surface area contributed by atoms with Crippen molar-refractivity contribution in [3.05, 3.63) is 34.9 Å². The lowest BCUT2D eigenvalue weighted by atomic mass is 10.2. The van der Waals surface area contributed by atoms with Crippen molar-refractivity contribution in [2.24, 2.45) is 0 Å². The summed E-state index contributed by atoms with van der Waals surface area (Å²) >= 11 is 6.06. The highest BCUT2D eigenvalue weighted by molar-refractivity contribution is 6.31. The number of rotatable bonds is 4. The monoisotopic (exact) mass is 278 g/mol. The van der Waals surface area contributed by atoms with E-state index in [1.54, 1.807) is 0 Å². The van der Waals surface area contributed by atoms with Gasteiger partial charge in [0.1, 0.15) is 0 Å². The summed E-state index contributed by atoms with van der Waals surface area (Å²) in [4.78, 5) is 25.3. The molecule has 3 rings (SSSR count). The van der Waals surface area contributed by atoms with Crippen molar-refractivity contribution in [3.63, 3.8) is 0 Å². The minimum Gasteiger partial charge on any atom is -0.301 e. The zero-order valence-corrected chi connectivity index (χ0v) is 11.2. The van der Waals surface area contributed by atoms with E-state index in [9.17, 15) is 9.59 Å². The van der Waals surface area contributed by atoms with Gasteiger partial charge in [0, 0.05) is 17.6 Å². The van der Waals surface area contributed by atoms with Crippen LogP contribution in [0.1, 0.15) is 24.8 Å². The van der Waals surface area contributed by atoms with E-state index in [0.29, 0.717) is 11.6 Å². The van der Waals surface area contributed by atoms with E-state index in [1.165, 1.54) is 4.90 Å². The number of imide groups is 1. The summed E-state index contributed by atoms with van der Waals surface area (Å²) in [6, 6.07) is 7.26. The van der Waals surface area contributed by atoms with E-state index in [-0.39, 0.29) is 24.3 Å². The molecule has 0 radical (unpaired) electrons. The fourth-order valence-corrected chi connectivity index (χ4v) is 2.60. The SMILES string of the molecule is O=C1CC(NCc2ccccc2Cl)C(=O)N1C1CC1. The predicted octanol–water partition coefficient (Wildman–Crippen LogP) is 1.72. The standard InChI is InChI=1S/C14H15ClN2O2/c15-11-4-2-1-3-9(11)8-16-12-7-13(18)17(14(12)19)10-5-6-10/h1-4,10,12,16H,5-8H2. The maximum absolute atomic E-state index is 12.1. The average molecular weight is 279 g/mol. The second-order valence-electron chi connectivity index (χ2n) is 5.06. The number of hydrogen-bond acceptors (Lipinski definition) is 3. The number of halogens is 1. The first kappa shape index (κ1) is 12.6. The van der Waals surface area contributed by atoms with Crippen LogP contribution in [-0.4, -0.2) is 28.8 Å². The third-order valence-electron chi connectivity index (χ3n) is 3.59. The molecule has 1 aromatic carbocycles. The van der Waals surface area contributed by atoms with E-state index >= 15 is 0 Å². The zero-order valence-electron chi connectivity index (χ0n) is 10.4. The molecule has 1 atom stereocenters. The Bertz CT molecular complexity index is 528. The molecule has 19 heavy (non-hydrogen) atoms. The number of likely N-dealkylation sites (tertiary alicyclic amines) is 1. The number of amides is 2.